The third-order valence-electron chi connectivity index (χ3n) is 4.51. The quantitative estimate of drug-likeness (QED) is 0.846. The Morgan fingerprint density at radius 3 is 3.29 bits per heavy atom. The second-order valence-corrected chi connectivity index (χ2v) is 6.78. The van der Waals surface area contributed by atoms with Crippen molar-refractivity contribution >= 4 is 22.4 Å². The average Bonchev–Trinajstić information content (AvgIpc) is 3.13. The lowest BCUT2D eigenvalue weighted by atomic mass is 9.98. The Kier molecular flexibility index (Phi) is 4.75. The van der Waals surface area contributed by atoms with Crippen LogP contribution in [0.4, 0.5) is 5.13 Å². The van der Waals surface area contributed by atoms with Gasteiger partial charge < -0.3 is 15.0 Å². The van der Waals surface area contributed by atoms with Crippen molar-refractivity contribution in [3.63, 3.8) is 0 Å². The first-order valence-electron chi connectivity index (χ1n) is 7.76. The summed E-state index contributed by atoms with van der Waals surface area (Å²) in [5.74, 6) is -0.175. The molecule has 2 saturated heterocycles. The molecular weight excluding hydrogens is 286 g/mol. The number of ether oxygens (including phenoxy) is 1. The number of thiazole rings is 1. The molecule has 3 rings (SSSR count). The van der Waals surface area contributed by atoms with E-state index >= 15 is 0 Å². The van der Waals surface area contributed by atoms with Crippen LogP contribution < -0.4 is 5.32 Å². The van der Waals surface area contributed by atoms with E-state index in [-0.39, 0.29) is 5.97 Å². The van der Waals surface area contributed by atoms with E-state index in [4.69, 9.17) is 0 Å². The van der Waals surface area contributed by atoms with Crippen molar-refractivity contribution in [1.82, 2.24) is 9.88 Å². The topological polar surface area (TPSA) is 54.5 Å². The number of piperidine rings is 1. The fourth-order valence-electron chi connectivity index (χ4n) is 3.35. The van der Waals surface area contributed by atoms with Crippen molar-refractivity contribution in [3.05, 3.63) is 11.1 Å². The van der Waals surface area contributed by atoms with Gasteiger partial charge in [-0.3, -0.25) is 4.79 Å². The van der Waals surface area contributed by atoms with Gasteiger partial charge in [0.2, 0.25) is 0 Å². The summed E-state index contributed by atoms with van der Waals surface area (Å²) in [6.45, 7) is 2.50. The second kappa shape index (κ2) is 6.75. The van der Waals surface area contributed by atoms with E-state index in [0.29, 0.717) is 18.9 Å². The van der Waals surface area contributed by atoms with Crippen molar-refractivity contribution in [2.45, 2.75) is 50.6 Å². The van der Waals surface area contributed by atoms with Gasteiger partial charge in [0, 0.05) is 30.4 Å². The molecular formula is C15H23N3O2S. The Morgan fingerprint density at radius 2 is 2.43 bits per heavy atom. The summed E-state index contributed by atoms with van der Waals surface area (Å²) in [7, 11) is 1.42. The zero-order valence-corrected chi connectivity index (χ0v) is 13.3. The molecule has 3 heterocycles. The fourth-order valence-corrected chi connectivity index (χ4v) is 4.17. The maximum atomic E-state index is 11.1. The second-order valence-electron chi connectivity index (χ2n) is 5.92. The van der Waals surface area contributed by atoms with Crippen LogP contribution in [0.15, 0.2) is 5.38 Å². The summed E-state index contributed by atoms with van der Waals surface area (Å²) in [6, 6.07) is 1.32. The van der Waals surface area contributed by atoms with Gasteiger partial charge in [-0.25, -0.2) is 4.98 Å². The molecule has 5 nitrogen and oxygen atoms in total. The number of hydrogen-bond acceptors (Lipinski definition) is 6. The number of fused-ring (bicyclic) bond motifs is 1. The maximum absolute atomic E-state index is 11.1. The molecule has 0 bridgehead atoms. The van der Waals surface area contributed by atoms with E-state index < -0.39 is 0 Å². The van der Waals surface area contributed by atoms with Gasteiger partial charge in [0.25, 0.3) is 0 Å². The van der Waals surface area contributed by atoms with Crippen LogP contribution >= 0.6 is 11.3 Å². The minimum atomic E-state index is -0.175. The number of carbonyl (C=O) groups is 1. The summed E-state index contributed by atoms with van der Waals surface area (Å²) in [5, 5.41) is 6.61. The zero-order valence-electron chi connectivity index (χ0n) is 12.5. The Hall–Kier alpha value is -1.14. The summed E-state index contributed by atoms with van der Waals surface area (Å²) in [6.07, 6.45) is 6.20. The van der Waals surface area contributed by atoms with Crippen LogP contribution in [0.3, 0.4) is 0 Å². The zero-order chi connectivity index (χ0) is 14.7. The lowest BCUT2D eigenvalue weighted by Crippen LogP contribution is -2.42. The molecule has 21 heavy (non-hydrogen) atoms. The van der Waals surface area contributed by atoms with Crippen molar-refractivity contribution in [2.24, 2.45) is 0 Å². The number of nitrogens with zero attached hydrogens (tertiary/aromatic N) is 2. The largest absolute Gasteiger partial charge is 0.469 e. The number of aryl methyl sites for hydroxylation is 1. The smallest absolute Gasteiger partial charge is 0.305 e. The molecule has 0 amide bonds. The van der Waals surface area contributed by atoms with Gasteiger partial charge in [-0.05, 0) is 32.2 Å². The molecule has 1 aromatic rings. The third kappa shape index (κ3) is 3.74. The summed E-state index contributed by atoms with van der Waals surface area (Å²) < 4.78 is 4.66. The predicted octanol–water partition coefficient (Wildman–Crippen LogP) is 2.29. The van der Waals surface area contributed by atoms with Gasteiger partial charge in [0.15, 0.2) is 5.13 Å². The van der Waals surface area contributed by atoms with Crippen LogP contribution in [-0.4, -0.2) is 48.1 Å². The standard InChI is InChI=1S/C15H23N3O2S/c1-20-14(19)5-4-12-10-21-15(17-12)16-11-6-8-18-7-2-3-13(18)9-11/h10-11,13H,2-9H2,1H3,(H,16,17). The molecule has 2 fully saturated rings. The van der Waals surface area contributed by atoms with Crippen LogP contribution in [-0.2, 0) is 16.0 Å². The molecule has 1 N–H and O–H groups in total. The Morgan fingerprint density at radius 1 is 1.52 bits per heavy atom. The number of aromatic nitrogens is 1. The van der Waals surface area contributed by atoms with E-state index in [1.54, 1.807) is 11.3 Å². The van der Waals surface area contributed by atoms with Crippen LogP contribution in [0.5, 0.6) is 0 Å². The summed E-state index contributed by atoms with van der Waals surface area (Å²) >= 11 is 1.64. The number of methoxy groups -OCH3 is 1. The van der Waals surface area contributed by atoms with Gasteiger partial charge in [0.05, 0.1) is 19.2 Å². The SMILES string of the molecule is COC(=O)CCc1csc(NC2CCN3CCCC3C2)n1. The van der Waals surface area contributed by atoms with Crippen molar-refractivity contribution in [3.8, 4) is 0 Å². The highest BCUT2D eigenvalue weighted by atomic mass is 32.1. The molecule has 0 radical (unpaired) electrons. The monoisotopic (exact) mass is 309 g/mol. The molecule has 0 aromatic carbocycles. The molecule has 6 heteroatoms. The highest BCUT2D eigenvalue weighted by Crippen LogP contribution is 2.29. The normalized spacial score (nSPS) is 25.6. The van der Waals surface area contributed by atoms with E-state index in [9.17, 15) is 4.79 Å². The molecule has 2 aliphatic rings. The minimum absolute atomic E-state index is 0.175. The van der Waals surface area contributed by atoms with Gasteiger partial charge >= 0.3 is 5.97 Å². The number of nitrogens with one attached hydrogen (secondary N) is 1. The molecule has 0 aliphatic carbocycles. The summed E-state index contributed by atoms with van der Waals surface area (Å²) in [5.41, 5.74) is 0.978. The van der Waals surface area contributed by atoms with Crippen molar-refractivity contribution in [1.29, 1.82) is 0 Å². The van der Waals surface area contributed by atoms with Crippen molar-refractivity contribution in [2.75, 3.05) is 25.5 Å². The molecule has 2 atom stereocenters. The Balaban J connectivity index is 1.49. The van der Waals surface area contributed by atoms with E-state index in [1.165, 1.54) is 45.9 Å². The van der Waals surface area contributed by atoms with E-state index in [0.717, 1.165) is 16.9 Å². The maximum Gasteiger partial charge on any atom is 0.305 e. The van der Waals surface area contributed by atoms with Gasteiger partial charge in [0.1, 0.15) is 0 Å². The lowest BCUT2D eigenvalue weighted by Gasteiger charge is -2.35. The molecule has 2 unspecified atom stereocenters. The summed E-state index contributed by atoms with van der Waals surface area (Å²) in [4.78, 5) is 18.4. The minimum Gasteiger partial charge on any atom is -0.469 e. The van der Waals surface area contributed by atoms with Crippen LogP contribution in [0.1, 0.15) is 37.8 Å². The number of hydrogen-bond donors (Lipinski definition) is 1. The van der Waals surface area contributed by atoms with E-state index in [1.807, 2.05) is 5.38 Å². The molecule has 0 saturated carbocycles. The Labute approximate surface area is 129 Å². The molecule has 116 valence electrons. The number of carbonyl (C=O) groups excluding carboxylic acids is 1. The molecule has 0 spiro atoms. The van der Waals surface area contributed by atoms with Crippen LogP contribution in [0.2, 0.25) is 0 Å². The van der Waals surface area contributed by atoms with Crippen molar-refractivity contribution < 1.29 is 9.53 Å². The van der Waals surface area contributed by atoms with Crippen LogP contribution in [0, 0.1) is 0 Å². The van der Waals surface area contributed by atoms with E-state index in [2.05, 4.69) is 19.9 Å². The Bertz CT molecular complexity index is 491. The van der Waals surface area contributed by atoms with Gasteiger partial charge in [-0.1, -0.05) is 0 Å². The van der Waals surface area contributed by atoms with Gasteiger partial charge in [-0.15, -0.1) is 11.3 Å². The number of rotatable bonds is 5. The number of anilines is 1. The highest BCUT2D eigenvalue weighted by molar-refractivity contribution is 7.13. The van der Waals surface area contributed by atoms with Gasteiger partial charge in [-0.2, -0.15) is 0 Å². The third-order valence-corrected chi connectivity index (χ3v) is 5.34. The average molecular weight is 309 g/mol. The molecule has 2 aliphatic heterocycles. The van der Waals surface area contributed by atoms with Crippen LogP contribution in [0.25, 0.3) is 0 Å². The predicted molar refractivity (Wildman–Crippen MR) is 83.7 cm³/mol. The first kappa shape index (κ1) is 14.8. The lowest BCUT2D eigenvalue weighted by molar-refractivity contribution is -0.140. The number of esters is 1. The fraction of sp³-hybridized carbons (Fsp3) is 0.733. The first-order chi connectivity index (χ1) is 10.2. The molecule has 1 aromatic heterocycles. The first-order valence-corrected chi connectivity index (χ1v) is 8.64. The highest BCUT2D eigenvalue weighted by Gasteiger charge is 2.31.